The van der Waals surface area contributed by atoms with Crippen molar-refractivity contribution in [1.82, 2.24) is 9.21 Å². The molecule has 0 radical (unpaired) electrons. The van der Waals surface area contributed by atoms with Crippen LogP contribution >= 0.6 is 0 Å². The van der Waals surface area contributed by atoms with E-state index in [1.54, 1.807) is 31.4 Å². The van der Waals surface area contributed by atoms with Crippen molar-refractivity contribution in [1.29, 1.82) is 0 Å². The van der Waals surface area contributed by atoms with Crippen LogP contribution in [0.5, 0.6) is 11.5 Å². The molecule has 0 spiro atoms. The number of aliphatic hydroxyl groups excluding tert-OH is 1. The number of ketones is 1. The number of benzene rings is 3. The topological polar surface area (TPSA) is 113 Å². The van der Waals surface area contributed by atoms with E-state index in [2.05, 4.69) is 0 Å². The maximum Gasteiger partial charge on any atom is 0.295 e. The third-order valence-electron chi connectivity index (χ3n) is 6.35. The summed E-state index contributed by atoms with van der Waals surface area (Å²) in [6.07, 6.45) is 0.483. The van der Waals surface area contributed by atoms with Gasteiger partial charge in [-0.1, -0.05) is 30.3 Å². The molecule has 3 aromatic rings. The molecule has 4 rings (SSSR count). The van der Waals surface area contributed by atoms with Crippen molar-refractivity contribution in [3.05, 3.63) is 95.6 Å². The summed E-state index contributed by atoms with van der Waals surface area (Å²) in [6.45, 7) is 0.609. The Balaban J connectivity index is 1.78. The van der Waals surface area contributed by atoms with Crippen molar-refractivity contribution in [2.24, 2.45) is 0 Å². The Labute approximate surface area is 227 Å². The third-order valence-corrected chi connectivity index (χ3v) is 8.18. The van der Waals surface area contributed by atoms with Crippen molar-refractivity contribution in [3.8, 4) is 11.5 Å². The van der Waals surface area contributed by atoms with Gasteiger partial charge in [-0.25, -0.2) is 12.7 Å². The Morgan fingerprint density at radius 1 is 0.949 bits per heavy atom. The SMILES string of the molecule is COCCCN1C(=O)C(=O)C(=C(O)c2ccc(S(=O)(=O)N(C)C)cc2)C1c1cccc(Oc2ccccc2)c1. The molecule has 3 aromatic carbocycles. The lowest BCUT2D eigenvalue weighted by Gasteiger charge is -2.25. The maximum atomic E-state index is 13.3. The highest BCUT2D eigenvalue weighted by molar-refractivity contribution is 7.89. The van der Waals surface area contributed by atoms with E-state index in [1.165, 1.54) is 43.3 Å². The summed E-state index contributed by atoms with van der Waals surface area (Å²) in [4.78, 5) is 27.9. The number of rotatable bonds is 10. The van der Waals surface area contributed by atoms with Crippen LogP contribution in [0.15, 0.2) is 89.3 Å². The van der Waals surface area contributed by atoms with Gasteiger partial charge in [-0.05, 0) is 60.5 Å². The van der Waals surface area contributed by atoms with E-state index in [0.717, 1.165) is 4.31 Å². The van der Waals surface area contributed by atoms with Gasteiger partial charge < -0.3 is 19.5 Å². The molecule has 1 heterocycles. The van der Waals surface area contributed by atoms with Gasteiger partial charge in [0.1, 0.15) is 17.3 Å². The molecule has 1 saturated heterocycles. The van der Waals surface area contributed by atoms with E-state index < -0.39 is 33.5 Å². The zero-order chi connectivity index (χ0) is 28.2. The molecule has 1 aliphatic heterocycles. The fourth-order valence-electron chi connectivity index (χ4n) is 4.36. The predicted molar refractivity (Wildman–Crippen MR) is 146 cm³/mol. The first kappa shape index (κ1) is 28.0. The second kappa shape index (κ2) is 11.8. The van der Waals surface area contributed by atoms with Crippen LogP contribution in [-0.4, -0.2) is 68.8 Å². The van der Waals surface area contributed by atoms with Gasteiger partial charge in [-0.3, -0.25) is 9.59 Å². The minimum Gasteiger partial charge on any atom is -0.507 e. The Bertz CT molecular complexity index is 1480. The zero-order valence-corrected chi connectivity index (χ0v) is 22.7. The first-order valence-corrected chi connectivity index (χ1v) is 13.7. The number of ether oxygens (including phenoxy) is 2. The lowest BCUT2D eigenvalue weighted by atomic mass is 9.95. The predicted octanol–water partition coefficient (Wildman–Crippen LogP) is 4.19. The van der Waals surface area contributed by atoms with Crippen LogP contribution in [0.3, 0.4) is 0 Å². The minimum absolute atomic E-state index is 0.0337. The second-order valence-electron chi connectivity index (χ2n) is 9.14. The summed E-state index contributed by atoms with van der Waals surface area (Å²) in [7, 11) is 0.709. The zero-order valence-electron chi connectivity index (χ0n) is 21.9. The van der Waals surface area contributed by atoms with Gasteiger partial charge in [-0.15, -0.1) is 0 Å². The van der Waals surface area contributed by atoms with Crippen LogP contribution in [0, 0.1) is 0 Å². The first-order chi connectivity index (χ1) is 18.6. The Morgan fingerprint density at radius 2 is 1.62 bits per heavy atom. The highest BCUT2D eigenvalue weighted by Crippen LogP contribution is 2.40. The molecular weight excluding hydrogens is 520 g/mol. The maximum absolute atomic E-state index is 13.3. The summed E-state index contributed by atoms with van der Waals surface area (Å²) in [6, 6.07) is 20.8. The lowest BCUT2D eigenvalue weighted by molar-refractivity contribution is -0.140. The highest BCUT2D eigenvalue weighted by Gasteiger charge is 2.46. The number of hydrogen-bond acceptors (Lipinski definition) is 7. The molecule has 1 N–H and O–H groups in total. The molecule has 1 unspecified atom stereocenters. The molecule has 0 aliphatic carbocycles. The molecule has 1 fully saturated rings. The largest absolute Gasteiger partial charge is 0.507 e. The average Bonchev–Trinajstić information content (AvgIpc) is 3.18. The quantitative estimate of drug-likeness (QED) is 0.174. The molecule has 1 atom stereocenters. The number of sulfonamides is 1. The van der Waals surface area contributed by atoms with Crippen LogP contribution in [-0.2, 0) is 24.3 Å². The van der Waals surface area contributed by atoms with Gasteiger partial charge in [0.25, 0.3) is 11.7 Å². The summed E-state index contributed by atoms with van der Waals surface area (Å²) in [5.41, 5.74) is 0.704. The standard InChI is InChI=1S/C29H30N2O7S/c1-30(2)39(35,36)24-15-13-20(14-16-24)27(32)25-26(31(17-8-18-37-3)29(34)28(25)33)21-9-7-12-23(19-21)38-22-10-5-4-6-11-22/h4-7,9-16,19,26,32H,8,17-18H2,1-3H3. The number of likely N-dealkylation sites (tertiary alicyclic amines) is 1. The molecule has 204 valence electrons. The van der Waals surface area contributed by atoms with E-state index in [-0.39, 0.29) is 22.6 Å². The van der Waals surface area contributed by atoms with Gasteiger partial charge in [0, 0.05) is 39.9 Å². The number of nitrogens with zero attached hydrogens (tertiary/aromatic N) is 2. The number of hydrogen-bond donors (Lipinski definition) is 1. The monoisotopic (exact) mass is 550 g/mol. The molecular formula is C29H30N2O7S. The molecule has 0 bridgehead atoms. The normalized spacial score (nSPS) is 17.1. The highest BCUT2D eigenvalue weighted by atomic mass is 32.2. The molecule has 0 saturated carbocycles. The van der Waals surface area contributed by atoms with Gasteiger partial charge in [-0.2, -0.15) is 0 Å². The molecule has 1 amide bonds. The number of para-hydroxylation sites is 1. The molecule has 39 heavy (non-hydrogen) atoms. The van der Waals surface area contributed by atoms with Gasteiger partial charge in [0.05, 0.1) is 16.5 Å². The van der Waals surface area contributed by atoms with Crippen LogP contribution in [0.4, 0.5) is 0 Å². The van der Waals surface area contributed by atoms with E-state index in [0.29, 0.717) is 30.1 Å². The number of carbonyl (C=O) groups is 2. The fourth-order valence-corrected chi connectivity index (χ4v) is 5.26. The van der Waals surface area contributed by atoms with E-state index in [1.807, 2.05) is 30.3 Å². The third kappa shape index (κ3) is 5.88. The number of Topliss-reactive ketones (excluding diaryl/α,β-unsaturated/α-hetero) is 1. The van der Waals surface area contributed by atoms with Crippen LogP contribution in [0.25, 0.3) is 5.76 Å². The van der Waals surface area contributed by atoms with Crippen LogP contribution < -0.4 is 4.74 Å². The number of carbonyl (C=O) groups excluding carboxylic acids is 2. The summed E-state index contributed by atoms with van der Waals surface area (Å²) >= 11 is 0. The number of methoxy groups -OCH3 is 1. The fraction of sp³-hybridized carbons (Fsp3) is 0.241. The van der Waals surface area contributed by atoms with Gasteiger partial charge in [0.15, 0.2) is 0 Å². The molecule has 10 heteroatoms. The number of amides is 1. The minimum atomic E-state index is -3.68. The Morgan fingerprint density at radius 3 is 2.26 bits per heavy atom. The molecule has 1 aliphatic rings. The van der Waals surface area contributed by atoms with Crippen LogP contribution in [0.1, 0.15) is 23.6 Å². The Hall–Kier alpha value is -3.99. The average molecular weight is 551 g/mol. The van der Waals surface area contributed by atoms with Crippen LogP contribution in [0.2, 0.25) is 0 Å². The summed E-state index contributed by atoms with van der Waals surface area (Å²) in [5.74, 6) is -0.833. The summed E-state index contributed by atoms with van der Waals surface area (Å²) in [5, 5.41) is 11.3. The van der Waals surface area contributed by atoms with Crippen molar-refractivity contribution in [2.45, 2.75) is 17.4 Å². The Kier molecular flexibility index (Phi) is 8.49. The van der Waals surface area contributed by atoms with Crippen molar-refractivity contribution in [3.63, 3.8) is 0 Å². The molecule has 9 nitrogen and oxygen atoms in total. The number of aliphatic hydroxyl groups is 1. The van der Waals surface area contributed by atoms with Gasteiger partial charge in [0.2, 0.25) is 10.0 Å². The van der Waals surface area contributed by atoms with Gasteiger partial charge >= 0.3 is 0 Å². The van der Waals surface area contributed by atoms with E-state index in [9.17, 15) is 23.1 Å². The van der Waals surface area contributed by atoms with E-state index in [4.69, 9.17) is 9.47 Å². The van der Waals surface area contributed by atoms with Crippen molar-refractivity contribution in [2.75, 3.05) is 34.4 Å². The first-order valence-electron chi connectivity index (χ1n) is 12.3. The second-order valence-corrected chi connectivity index (χ2v) is 11.3. The summed E-state index contributed by atoms with van der Waals surface area (Å²) < 4.78 is 37.1. The smallest absolute Gasteiger partial charge is 0.295 e. The van der Waals surface area contributed by atoms with Crippen molar-refractivity contribution >= 4 is 27.5 Å². The van der Waals surface area contributed by atoms with E-state index >= 15 is 0 Å². The van der Waals surface area contributed by atoms with Crippen molar-refractivity contribution < 1.29 is 32.6 Å². The lowest BCUT2D eigenvalue weighted by Crippen LogP contribution is -2.31. The molecule has 0 aromatic heterocycles.